The highest BCUT2D eigenvalue weighted by Gasteiger charge is 2.32. The lowest BCUT2D eigenvalue weighted by atomic mass is 10.1. The van der Waals surface area contributed by atoms with Crippen LogP contribution in [-0.4, -0.2) is 22.8 Å². The van der Waals surface area contributed by atoms with Crippen molar-refractivity contribution in [3.63, 3.8) is 0 Å². The number of benzene rings is 1. The van der Waals surface area contributed by atoms with Crippen molar-refractivity contribution in [3.8, 4) is 0 Å². The summed E-state index contributed by atoms with van der Waals surface area (Å²) in [5.41, 5.74) is 1.73. The fourth-order valence-electron chi connectivity index (χ4n) is 2.56. The highest BCUT2D eigenvalue weighted by Crippen LogP contribution is 2.30. The summed E-state index contributed by atoms with van der Waals surface area (Å²) in [5.74, 6) is 0.0814. The minimum Gasteiger partial charge on any atom is -0.334 e. The molecule has 1 aromatic heterocycles. The maximum Gasteiger partial charge on any atom is 0.227 e. The molecule has 0 spiro atoms. The Morgan fingerprint density at radius 2 is 1.96 bits per heavy atom. The maximum absolute atomic E-state index is 12.6. The van der Waals surface area contributed by atoms with E-state index in [1.54, 1.807) is 11.3 Å². The molecule has 23 heavy (non-hydrogen) atoms. The second kappa shape index (κ2) is 6.96. The Labute approximate surface area is 140 Å². The number of hydrogen-bond acceptors (Lipinski definition) is 3. The van der Waals surface area contributed by atoms with E-state index in [1.165, 1.54) is 11.8 Å². The van der Waals surface area contributed by atoms with Crippen LogP contribution in [0, 0.1) is 0 Å². The van der Waals surface area contributed by atoms with Crippen LogP contribution in [-0.2, 0) is 22.6 Å². The number of rotatable bonds is 6. The van der Waals surface area contributed by atoms with Crippen molar-refractivity contribution < 1.29 is 9.59 Å². The van der Waals surface area contributed by atoms with Crippen LogP contribution < -0.4 is 5.32 Å². The van der Waals surface area contributed by atoms with Gasteiger partial charge >= 0.3 is 0 Å². The lowest BCUT2D eigenvalue weighted by molar-refractivity contribution is -0.131. The van der Waals surface area contributed by atoms with Gasteiger partial charge in [0.2, 0.25) is 11.8 Å². The van der Waals surface area contributed by atoms with Gasteiger partial charge in [0.1, 0.15) is 0 Å². The van der Waals surface area contributed by atoms with Gasteiger partial charge in [0, 0.05) is 23.5 Å². The zero-order chi connectivity index (χ0) is 16.2. The molecule has 0 unspecified atom stereocenters. The van der Waals surface area contributed by atoms with Gasteiger partial charge in [-0.3, -0.25) is 9.59 Å². The fraction of sp³-hybridized carbons (Fsp3) is 0.333. The summed E-state index contributed by atoms with van der Waals surface area (Å²) in [6, 6.07) is 12.0. The monoisotopic (exact) mass is 328 g/mol. The van der Waals surface area contributed by atoms with Crippen molar-refractivity contribution in [1.82, 2.24) is 4.90 Å². The molecule has 5 heteroatoms. The van der Waals surface area contributed by atoms with E-state index in [1.807, 2.05) is 40.6 Å². The summed E-state index contributed by atoms with van der Waals surface area (Å²) in [5, 5.41) is 4.78. The Balaban J connectivity index is 1.63. The molecule has 0 atom stereocenters. The van der Waals surface area contributed by atoms with Gasteiger partial charge in [-0.25, -0.2) is 0 Å². The second-order valence-electron chi connectivity index (χ2n) is 5.89. The molecule has 0 saturated heterocycles. The molecule has 1 aliphatic carbocycles. The molecule has 0 radical (unpaired) electrons. The lowest BCUT2D eigenvalue weighted by Gasteiger charge is -2.22. The Morgan fingerprint density at radius 3 is 2.52 bits per heavy atom. The molecule has 0 aliphatic heterocycles. The van der Waals surface area contributed by atoms with Crippen molar-refractivity contribution in [1.29, 1.82) is 0 Å². The van der Waals surface area contributed by atoms with E-state index < -0.39 is 0 Å². The molecule has 1 fully saturated rings. The van der Waals surface area contributed by atoms with Crippen LogP contribution in [0.4, 0.5) is 5.69 Å². The number of nitrogens with one attached hydrogen (secondary N) is 1. The number of thiophene rings is 1. The van der Waals surface area contributed by atoms with E-state index >= 15 is 0 Å². The third kappa shape index (κ3) is 4.42. The molecule has 4 nitrogen and oxygen atoms in total. The molecular formula is C18H20N2O2S. The highest BCUT2D eigenvalue weighted by molar-refractivity contribution is 7.09. The molecule has 120 valence electrons. The summed E-state index contributed by atoms with van der Waals surface area (Å²) >= 11 is 1.69. The molecule has 1 aromatic carbocycles. The van der Waals surface area contributed by atoms with Gasteiger partial charge in [0.25, 0.3) is 0 Å². The molecule has 0 bridgehead atoms. The maximum atomic E-state index is 12.6. The Morgan fingerprint density at radius 1 is 1.22 bits per heavy atom. The van der Waals surface area contributed by atoms with Gasteiger partial charge in [-0.1, -0.05) is 18.2 Å². The predicted octanol–water partition coefficient (Wildman–Crippen LogP) is 3.44. The van der Waals surface area contributed by atoms with E-state index in [4.69, 9.17) is 0 Å². The van der Waals surface area contributed by atoms with Gasteiger partial charge < -0.3 is 10.2 Å². The predicted molar refractivity (Wildman–Crippen MR) is 92.3 cm³/mol. The Hall–Kier alpha value is -2.14. The van der Waals surface area contributed by atoms with Gasteiger partial charge in [0.05, 0.1) is 13.0 Å². The quantitative estimate of drug-likeness (QED) is 0.883. The Kier molecular flexibility index (Phi) is 4.76. The van der Waals surface area contributed by atoms with Crippen molar-refractivity contribution in [2.45, 2.75) is 38.8 Å². The molecule has 3 rings (SSSR count). The van der Waals surface area contributed by atoms with Crippen LogP contribution in [0.3, 0.4) is 0 Å². The van der Waals surface area contributed by atoms with Crippen LogP contribution in [0.5, 0.6) is 0 Å². The average molecular weight is 328 g/mol. The first kappa shape index (κ1) is 15.7. The first-order valence-corrected chi connectivity index (χ1v) is 8.68. The van der Waals surface area contributed by atoms with E-state index in [2.05, 4.69) is 11.4 Å². The summed E-state index contributed by atoms with van der Waals surface area (Å²) < 4.78 is 0. The largest absolute Gasteiger partial charge is 0.334 e. The molecular weight excluding hydrogens is 308 g/mol. The standard InChI is InChI=1S/C18H20N2O2S/c1-13(21)19-15-6-4-14(5-7-15)11-18(22)20(16-8-9-16)12-17-3-2-10-23-17/h2-7,10,16H,8-9,11-12H2,1H3,(H,19,21). The zero-order valence-electron chi connectivity index (χ0n) is 13.1. The van der Waals surface area contributed by atoms with Gasteiger partial charge in [-0.15, -0.1) is 11.3 Å². The number of nitrogens with zero attached hydrogens (tertiary/aromatic N) is 1. The SMILES string of the molecule is CC(=O)Nc1ccc(CC(=O)N(Cc2cccs2)C2CC2)cc1. The van der Waals surface area contributed by atoms with Crippen molar-refractivity contribution in [3.05, 3.63) is 52.2 Å². The topological polar surface area (TPSA) is 49.4 Å². The normalized spacial score (nSPS) is 13.6. The molecule has 1 N–H and O–H groups in total. The van der Waals surface area contributed by atoms with E-state index in [0.717, 1.165) is 24.1 Å². The number of carbonyl (C=O) groups excluding carboxylic acids is 2. The fourth-order valence-corrected chi connectivity index (χ4v) is 3.27. The summed E-state index contributed by atoms with van der Waals surface area (Å²) in [4.78, 5) is 26.9. The van der Waals surface area contributed by atoms with Crippen LogP contribution >= 0.6 is 11.3 Å². The molecule has 2 amide bonds. The lowest BCUT2D eigenvalue weighted by Crippen LogP contribution is -2.33. The van der Waals surface area contributed by atoms with E-state index in [-0.39, 0.29) is 11.8 Å². The Bertz CT molecular complexity index is 676. The highest BCUT2D eigenvalue weighted by atomic mass is 32.1. The zero-order valence-corrected chi connectivity index (χ0v) is 13.9. The average Bonchev–Trinajstić information content (AvgIpc) is 3.22. The number of anilines is 1. The number of amides is 2. The van der Waals surface area contributed by atoms with Crippen LogP contribution in [0.25, 0.3) is 0 Å². The van der Waals surface area contributed by atoms with Crippen LogP contribution in [0.15, 0.2) is 41.8 Å². The third-order valence-electron chi connectivity index (χ3n) is 3.84. The van der Waals surface area contributed by atoms with Crippen molar-refractivity contribution >= 4 is 28.8 Å². The van der Waals surface area contributed by atoms with Crippen LogP contribution in [0.2, 0.25) is 0 Å². The van der Waals surface area contributed by atoms with Gasteiger partial charge in [0.15, 0.2) is 0 Å². The summed E-state index contributed by atoms with van der Waals surface area (Å²) in [6.07, 6.45) is 2.62. The van der Waals surface area contributed by atoms with Crippen LogP contribution in [0.1, 0.15) is 30.2 Å². The van der Waals surface area contributed by atoms with Crippen molar-refractivity contribution in [2.75, 3.05) is 5.32 Å². The van der Waals surface area contributed by atoms with Crippen molar-refractivity contribution in [2.24, 2.45) is 0 Å². The smallest absolute Gasteiger partial charge is 0.227 e. The first-order chi connectivity index (χ1) is 11.1. The minimum absolute atomic E-state index is 0.0929. The molecule has 2 aromatic rings. The van der Waals surface area contributed by atoms with Gasteiger partial charge in [-0.2, -0.15) is 0 Å². The first-order valence-electron chi connectivity index (χ1n) is 7.80. The number of hydrogen-bond donors (Lipinski definition) is 1. The number of carbonyl (C=O) groups is 2. The molecule has 1 aliphatic rings. The van der Waals surface area contributed by atoms with E-state index in [9.17, 15) is 9.59 Å². The summed E-state index contributed by atoms with van der Waals surface area (Å²) in [7, 11) is 0. The third-order valence-corrected chi connectivity index (χ3v) is 4.71. The minimum atomic E-state index is -0.0929. The summed E-state index contributed by atoms with van der Waals surface area (Å²) in [6.45, 7) is 2.20. The van der Waals surface area contributed by atoms with E-state index in [0.29, 0.717) is 19.0 Å². The van der Waals surface area contributed by atoms with Gasteiger partial charge in [-0.05, 0) is 42.0 Å². The second-order valence-corrected chi connectivity index (χ2v) is 6.92. The molecule has 1 heterocycles. The molecule has 1 saturated carbocycles.